The van der Waals surface area contributed by atoms with Crippen molar-refractivity contribution in [2.75, 3.05) is 45.9 Å². The molecule has 1 atom stereocenters. The monoisotopic (exact) mass is 434 g/mol. The first-order valence-electron chi connectivity index (χ1n) is 10.7. The van der Waals surface area contributed by atoms with Crippen molar-refractivity contribution in [1.29, 1.82) is 0 Å². The van der Waals surface area contributed by atoms with Crippen LogP contribution in [0.15, 0.2) is 18.3 Å². The number of aliphatic hydroxyl groups excluding tert-OH is 1. The van der Waals surface area contributed by atoms with Crippen molar-refractivity contribution in [2.45, 2.75) is 32.8 Å². The molecule has 2 fully saturated rings. The lowest BCUT2D eigenvalue weighted by Gasteiger charge is -2.43. The minimum absolute atomic E-state index is 0.198. The van der Waals surface area contributed by atoms with Crippen molar-refractivity contribution >= 4 is 28.4 Å². The van der Waals surface area contributed by atoms with Gasteiger partial charge in [-0.05, 0) is 41.9 Å². The second kappa shape index (κ2) is 8.83. The number of H-pyrrole nitrogens is 1. The number of aromatic nitrogens is 2. The fourth-order valence-electron chi connectivity index (χ4n) is 4.82. The summed E-state index contributed by atoms with van der Waals surface area (Å²) in [6, 6.07) is 3.67. The van der Waals surface area contributed by atoms with Gasteiger partial charge < -0.3 is 14.7 Å². The van der Waals surface area contributed by atoms with Gasteiger partial charge in [-0.3, -0.25) is 14.8 Å². The topological polar surface area (TPSA) is 81.7 Å². The number of hydrogen-bond donors (Lipinski definition) is 2. The highest BCUT2D eigenvalue weighted by Gasteiger charge is 2.40. The number of benzene rings is 1. The number of fused-ring (bicyclic) bond motifs is 1. The predicted octanol–water partition coefficient (Wildman–Crippen LogP) is 2.85. The third kappa shape index (κ3) is 4.35. The number of amides is 1. The molecule has 0 bridgehead atoms. The Labute approximate surface area is 182 Å². The van der Waals surface area contributed by atoms with Crippen LogP contribution in [0.4, 0.5) is 0 Å². The fraction of sp³-hybridized carbons (Fsp3) is 0.636. The van der Waals surface area contributed by atoms with E-state index in [9.17, 15) is 9.90 Å². The van der Waals surface area contributed by atoms with Crippen molar-refractivity contribution in [3.8, 4) is 0 Å². The van der Waals surface area contributed by atoms with Crippen molar-refractivity contribution in [2.24, 2.45) is 11.3 Å². The first kappa shape index (κ1) is 21.6. The van der Waals surface area contributed by atoms with E-state index < -0.39 is 6.10 Å². The maximum absolute atomic E-state index is 12.7. The molecule has 164 valence electrons. The first-order valence-corrected chi connectivity index (χ1v) is 11.1. The van der Waals surface area contributed by atoms with E-state index >= 15 is 0 Å². The lowest BCUT2D eigenvalue weighted by atomic mass is 9.68. The number of carbonyl (C=O) groups excluding carboxylic acids is 1. The van der Waals surface area contributed by atoms with E-state index in [0.717, 1.165) is 55.5 Å². The van der Waals surface area contributed by atoms with E-state index in [1.54, 1.807) is 6.20 Å². The average Bonchev–Trinajstić information content (AvgIpc) is 3.21. The molecule has 8 heteroatoms. The van der Waals surface area contributed by atoms with Crippen LogP contribution in [-0.2, 0) is 9.53 Å². The van der Waals surface area contributed by atoms with Gasteiger partial charge in [0.25, 0.3) is 0 Å². The van der Waals surface area contributed by atoms with Crippen LogP contribution in [0.25, 0.3) is 10.9 Å². The number of halogens is 1. The summed E-state index contributed by atoms with van der Waals surface area (Å²) in [5.74, 6) is 0.504. The summed E-state index contributed by atoms with van der Waals surface area (Å²) >= 11 is 6.28. The number of ether oxygens (including phenoxy) is 1. The number of nitrogens with one attached hydrogen (secondary N) is 1. The van der Waals surface area contributed by atoms with Gasteiger partial charge in [0.2, 0.25) is 5.91 Å². The van der Waals surface area contributed by atoms with Crippen molar-refractivity contribution in [3.05, 3.63) is 28.9 Å². The molecule has 2 aromatic rings. The molecule has 3 heterocycles. The van der Waals surface area contributed by atoms with Gasteiger partial charge in [0.05, 0.1) is 37.6 Å². The Morgan fingerprint density at radius 2 is 2.00 bits per heavy atom. The Morgan fingerprint density at radius 3 is 2.70 bits per heavy atom. The van der Waals surface area contributed by atoms with E-state index in [2.05, 4.69) is 28.9 Å². The number of aromatic amines is 1. The molecule has 1 unspecified atom stereocenters. The van der Waals surface area contributed by atoms with Crippen molar-refractivity contribution in [1.82, 2.24) is 20.0 Å². The number of likely N-dealkylation sites (tertiary alicyclic amines) is 1. The van der Waals surface area contributed by atoms with Gasteiger partial charge in [-0.15, -0.1) is 0 Å². The maximum Gasteiger partial charge on any atom is 0.236 e. The van der Waals surface area contributed by atoms with Crippen LogP contribution in [0, 0.1) is 11.3 Å². The molecule has 1 amide bonds. The second-order valence-corrected chi connectivity index (χ2v) is 9.53. The second-order valence-electron chi connectivity index (χ2n) is 9.09. The Kier molecular flexibility index (Phi) is 6.34. The minimum Gasteiger partial charge on any atom is -0.388 e. The zero-order valence-electron chi connectivity index (χ0n) is 17.7. The zero-order chi connectivity index (χ0) is 21.3. The molecular weight excluding hydrogens is 404 g/mol. The van der Waals surface area contributed by atoms with Crippen LogP contribution < -0.4 is 0 Å². The Morgan fingerprint density at radius 1 is 1.30 bits per heavy atom. The van der Waals surface area contributed by atoms with Gasteiger partial charge in [-0.1, -0.05) is 25.4 Å². The van der Waals surface area contributed by atoms with Gasteiger partial charge in [0, 0.05) is 36.6 Å². The van der Waals surface area contributed by atoms with Gasteiger partial charge >= 0.3 is 0 Å². The fourth-order valence-corrected chi connectivity index (χ4v) is 5.04. The molecule has 7 nitrogen and oxygen atoms in total. The van der Waals surface area contributed by atoms with Crippen LogP contribution in [0.5, 0.6) is 0 Å². The average molecular weight is 435 g/mol. The third-order valence-corrected chi connectivity index (χ3v) is 7.14. The van der Waals surface area contributed by atoms with Crippen molar-refractivity contribution < 1.29 is 14.6 Å². The SMILES string of the molecule is CC(C)(C1CCN(C(=O)CN2CCOCC2)CC1)C(O)c1cc(Cl)cc2[nH]ncc12. The largest absolute Gasteiger partial charge is 0.388 e. The number of piperidine rings is 1. The van der Waals surface area contributed by atoms with Crippen LogP contribution in [0.1, 0.15) is 38.4 Å². The molecule has 1 aromatic heterocycles. The summed E-state index contributed by atoms with van der Waals surface area (Å²) in [7, 11) is 0. The number of aliphatic hydroxyl groups is 1. The van der Waals surface area contributed by atoms with Gasteiger partial charge in [0.1, 0.15) is 0 Å². The zero-order valence-corrected chi connectivity index (χ0v) is 18.5. The van der Waals surface area contributed by atoms with Crippen LogP contribution >= 0.6 is 11.6 Å². The molecule has 2 aliphatic heterocycles. The number of carbonyl (C=O) groups is 1. The van der Waals surface area contributed by atoms with E-state index in [-0.39, 0.29) is 11.3 Å². The van der Waals surface area contributed by atoms with Crippen LogP contribution in [-0.4, -0.2) is 76.9 Å². The number of morpholine rings is 1. The summed E-state index contributed by atoms with van der Waals surface area (Å²) in [4.78, 5) is 16.8. The molecule has 30 heavy (non-hydrogen) atoms. The van der Waals surface area contributed by atoms with Crippen LogP contribution in [0.3, 0.4) is 0 Å². The maximum atomic E-state index is 12.7. The molecule has 1 aromatic carbocycles. The molecule has 4 rings (SSSR count). The van der Waals surface area contributed by atoms with Gasteiger partial charge in [0.15, 0.2) is 0 Å². The summed E-state index contributed by atoms with van der Waals surface area (Å²) in [6.45, 7) is 9.22. The molecule has 0 spiro atoms. The lowest BCUT2D eigenvalue weighted by molar-refractivity contribution is -0.136. The number of hydrogen-bond acceptors (Lipinski definition) is 5. The Hall–Kier alpha value is -1.67. The number of rotatable bonds is 5. The Balaban J connectivity index is 1.40. The van der Waals surface area contributed by atoms with E-state index in [1.165, 1.54) is 0 Å². The predicted molar refractivity (Wildman–Crippen MR) is 116 cm³/mol. The summed E-state index contributed by atoms with van der Waals surface area (Å²) in [5, 5.41) is 19.9. The standard InChI is InChI=1S/C22H31ClN4O3/c1-22(2,21(29)17-11-16(23)12-19-18(17)13-24-25-19)15-3-5-27(6-4-15)20(28)14-26-7-9-30-10-8-26/h11-13,15,21,29H,3-10,14H2,1-2H3,(H,24,25). The molecular formula is C22H31ClN4O3. The normalized spacial score (nSPS) is 20.6. The molecule has 2 N–H and O–H groups in total. The van der Waals surface area contributed by atoms with E-state index in [4.69, 9.17) is 16.3 Å². The van der Waals surface area contributed by atoms with Gasteiger partial charge in [-0.25, -0.2) is 0 Å². The quantitative estimate of drug-likeness (QED) is 0.756. The van der Waals surface area contributed by atoms with Crippen LogP contribution in [0.2, 0.25) is 5.02 Å². The minimum atomic E-state index is -0.670. The molecule has 0 radical (unpaired) electrons. The highest BCUT2D eigenvalue weighted by Crippen LogP contribution is 2.46. The third-order valence-electron chi connectivity index (χ3n) is 6.92. The van der Waals surface area contributed by atoms with Gasteiger partial charge in [-0.2, -0.15) is 5.10 Å². The van der Waals surface area contributed by atoms with E-state index in [0.29, 0.717) is 30.7 Å². The lowest BCUT2D eigenvalue weighted by Crippen LogP contribution is -2.48. The summed E-state index contributed by atoms with van der Waals surface area (Å²) < 4.78 is 5.36. The Bertz CT molecular complexity index is 886. The van der Waals surface area contributed by atoms with E-state index in [1.807, 2.05) is 17.0 Å². The highest BCUT2D eigenvalue weighted by atomic mass is 35.5. The molecule has 2 aliphatic rings. The van der Waals surface area contributed by atoms with Crippen molar-refractivity contribution in [3.63, 3.8) is 0 Å². The molecule has 2 saturated heterocycles. The molecule has 0 aliphatic carbocycles. The first-order chi connectivity index (χ1) is 14.4. The number of nitrogens with zero attached hydrogens (tertiary/aromatic N) is 3. The molecule has 0 saturated carbocycles. The highest BCUT2D eigenvalue weighted by molar-refractivity contribution is 6.31. The summed E-state index contributed by atoms with van der Waals surface area (Å²) in [6.07, 6.45) is 2.84. The summed E-state index contributed by atoms with van der Waals surface area (Å²) in [5.41, 5.74) is 1.28. The smallest absolute Gasteiger partial charge is 0.236 e.